The van der Waals surface area contributed by atoms with Crippen molar-refractivity contribution in [3.05, 3.63) is 72.3 Å². The second-order valence-corrected chi connectivity index (χ2v) is 21.8. The molecule has 2 fully saturated rings. The van der Waals surface area contributed by atoms with E-state index in [1.54, 1.807) is 82.5 Å². The lowest BCUT2D eigenvalue weighted by atomic mass is 10.0. The molecule has 0 aliphatic carbocycles. The van der Waals surface area contributed by atoms with Gasteiger partial charge in [0.2, 0.25) is 35.4 Å². The Labute approximate surface area is 453 Å². The van der Waals surface area contributed by atoms with Crippen LogP contribution in [0.1, 0.15) is 62.5 Å². The van der Waals surface area contributed by atoms with Gasteiger partial charge >= 0.3 is 11.9 Å². The van der Waals surface area contributed by atoms with Crippen molar-refractivity contribution >= 4 is 105 Å². The molecule has 2 bridgehead atoms. The van der Waals surface area contributed by atoms with Gasteiger partial charge in [-0.15, -0.1) is 23.5 Å². The minimum absolute atomic E-state index is 0.182. The fourth-order valence-corrected chi connectivity index (χ4v) is 11.4. The van der Waals surface area contributed by atoms with Gasteiger partial charge in [0, 0.05) is 33.9 Å². The van der Waals surface area contributed by atoms with Gasteiger partial charge in [-0.2, -0.15) is 0 Å². The van der Waals surface area contributed by atoms with E-state index >= 15 is 9.59 Å². The van der Waals surface area contributed by atoms with Crippen molar-refractivity contribution in [2.75, 3.05) is 53.4 Å². The average molecular weight is 1100 g/mol. The Hall–Kier alpha value is -7.48. The van der Waals surface area contributed by atoms with Gasteiger partial charge in [0.1, 0.15) is 72.9 Å². The van der Waals surface area contributed by atoms with Gasteiger partial charge in [-0.25, -0.2) is 19.6 Å². The third-order valence-corrected chi connectivity index (χ3v) is 16.0. The molecule has 2 aromatic heterocycles. The lowest BCUT2D eigenvalue weighted by Gasteiger charge is -2.40. The maximum atomic E-state index is 15.2. The molecule has 0 saturated carbocycles. The normalized spacial score (nSPS) is 25.4. The number of esters is 2. The van der Waals surface area contributed by atoms with Crippen LogP contribution in [0, 0.1) is 11.8 Å². The van der Waals surface area contributed by atoms with E-state index in [-0.39, 0.29) is 17.1 Å². The Balaban J connectivity index is 1.43. The van der Waals surface area contributed by atoms with Crippen molar-refractivity contribution in [3.8, 4) is 0 Å². The van der Waals surface area contributed by atoms with Crippen LogP contribution in [0.2, 0.25) is 0 Å². The van der Waals surface area contributed by atoms with Gasteiger partial charge in [0.15, 0.2) is 0 Å². The third kappa shape index (κ3) is 13.6. The number of rotatable bonds is 7. The molecule has 0 radical (unpaired) electrons. The first-order chi connectivity index (χ1) is 36.4. The Morgan fingerprint density at radius 1 is 0.610 bits per heavy atom. The van der Waals surface area contributed by atoms with Crippen LogP contribution in [0.3, 0.4) is 0 Å². The lowest BCUT2D eigenvalue weighted by Crippen LogP contribution is -2.60. The molecule has 0 spiro atoms. The number of hydrogen-bond donors (Lipinski definition) is 4. The predicted octanol–water partition coefficient (Wildman–Crippen LogP) is 0.635. The lowest BCUT2D eigenvalue weighted by molar-refractivity contribution is -0.160. The second-order valence-electron chi connectivity index (χ2n) is 19.3. The highest BCUT2D eigenvalue weighted by Gasteiger charge is 2.45. The molecule has 8 amide bonds. The van der Waals surface area contributed by atoms with Gasteiger partial charge in [0.05, 0.1) is 39.0 Å². The molecule has 4 aromatic rings. The minimum Gasteiger partial charge on any atom is -0.461 e. The zero-order valence-electron chi connectivity index (χ0n) is 44.5. The summed E-state index contributed by atoms with van der Waals surface area (Å²) in [6.45, 7) is 7.69. The van der Waals surface area contributed by atoms with E-state index in [1.165, 1.54) is 54.4 Å². The van der Waals surface area contributed by atoms with Crippen molar-refractivity contribution in [1.29, 1.82) is 0 Å². The Kier molecular flexibility index (Phi) is 19.5. The summed E-state index contributed by atoms with van der Waals surface area (Å²) in [4.78, 5) is 166. The van der Waals surface area contributed by atoms with Crippen LogP contribution in [-0.4, -0.2) is 205 Å². The number of nitrogens with zero attached hydrogens (tertiary/aromatic N) is 8. The zero-order chi connectivity index (χ0) is 56.6. The molecule has 26 heteroatoms. The summed E-state index contributed by atoms with van der Waals surface area (Å²) in [6.07, 6.45) is 4.06. The van der Waals surface area contributed by atoms with E-state index in [0.29, 0.717) is 22.1 Å². The Bertz CT molecular complexity index is 2930. The van der Waals surface area contributed by atoms with Gasteiger partial charge in [-0.05, 0) is 56.2 Å². The van der Waals surface area contributed by atoms with Crippen molar-refractivity contribution < 1.29 is 57.4 Å². The van der Waals surface area contributed by atoms with Crippen LogP contribution in [0.15, 0.2) is 60.9 Å². The largest absolute Gasteiger partial charge is 0.461 e. The first-order valence-corrected chi connectivity index (χ1v) is 27.0. The smallest absolute Gasteiger partial charge is 0.329 e. The maximum absolute atomic E-state index is 15.2. The Morgan fingerprint density at radius 3 is 1.43 bits per heavy atom. The summed E-state index contributed by atoms with van der Waals surface area (Å²) in [5.41, 5.74) is 1.38. The number of para-hydroxylation sites is 4. The number of likely N-dealkylation sites (N-methyl/N-ethyl adjacent to an activating group) is 4. The molecule has 4 N–H and O–H groups in total. The standard InChI is InChI=1S/C51H64N12O12S2/c1-25(2)38-49(72)74-22-36(59-42(65)34-21-53-30-17-13-15-19-32(30)57-34)44(67)55-28(6)46(69)63(10)40-48(71)62(9)39(26(3)4)50(73)75-23-35(58-41(64)33-20-52-29-16-12-14-18-31(29)56-33)43(66)54-27(5)45(68)60(7)37(47(70)61(38)8)24-77-51(40)76-11/h12-21,25-28,35-40,51H,22-24H2,1-11H3,(H,54,66)(H,55,67)(H,58,64)(H,59,65)/t27-,28-,35+,36+,37-,38-,39-,40+,51+/m0/s1. The second kappa shape index (κ2) is 25.6. The molecular formula is C51H64N12O12S2. The van der Waals surface area contributed by atoms with Crippen molar-refractivity contribution in [3.63, 3.8) is 0 Å². The highest BCUT2D eigenvalue weighted by molar-refractivity contribution is 8.16. The molecule has 9 atom stereocenters. The number of hydrogen-bond acceptors (Lipinski definition) is 18. The summed E-state index contributed by atoms with van der Waals surface area (Å²) in [5.74, 6) is -10.4. The van der Waals surface area contributed by atoms with E-state index in [4.69, 9.17) is 9.47 Å². The van der Waals surface area contributed by atoms with Crippen molar-refractivity contribution in [2.24, 2.45) is 11.8 Å². The fourth-order valence-electron chi connectivity index (χ4n) is 8.88. The summed E-state index contributed by atoms with van der Waals surface area (Å²) < 4.78 is 10.5. The number of thioether (sulfide) groups is 2. The van der Waals surface area contributed by atoms with Crippen LogP contribution in [-0.2, 0) is 47.8 Å². The molecule has 0 unspecified atom stereocenters. The number of nitrogens with one attached hydrogen (secondary N) is 4. The van der Waals surface area contributed by atoms with Crippen LogP contribution in [0.4, 0.5) is 0 Å². The van der Waals surface area contributed by atoms with Crippen molar-refractivity contribution in [1.82, 2.24) is 60.8 Å². The number of carbonyl (C=O) groups is 10. The van der Waals surface area contributed by atoms with Crippen molar-refractivity contribution in [2.45, 2.75) is 94.5 Å². The number of fused-ring (bicyclic) bond motifs is 6. The maximum Gasteiger partial charge on any atom is 0.329 e. The van der Waals surface area contributed by atoms with Crippen LogP contribution >= 0.6 is 23.5 Å². The topological polar surface area (TPSA) is 302 Å². The molecule has 6 rings (SSSR count). The quantitative estimate of drug-likeness (QED) is 0.185. The van der Waals surface area contributed by atoms with Gasteiger partial charge in [0.25, 0.3) is 11.8 Å². The molecule has 2 aliphatic heterocycles. The monoisotopic (exact) mass is 1100 g/mol. The Morgan fingerprint density at radius 2 is 1.01 bits per heavy atom. The molecule has 4 heterocycles. The minimum atomic E-state index is -1.66. The molecule has 2 aliphatic rings. The number of ether oxygens (including phenoxy) is 2. The van der Waals surface area contributed by atoms with Gasteiger partial charge < -0.3 is 50.3 Å². The van der Waals surface area contributed by atoms with E-state index in [9.17, 15) is 38.4 Å². The molecule has 24 nitrogen and oxygen atoms in total. The third-order valence-electron chi connectivity index (χ3n) is 13.2. The van der Waals surface area contributed by atoms with Crippen LogP contribution in [0.5, 0.6) is 0 Å². The molecule has 412 valence electrons. The van der Waals surface area contributed by atoms with Crippen LogP contribution < -0.4 is 21.3 Å². The summed E-state index contributed by atoms with van der Waals surface area (Å²) in [7, 11) is 5.32. The zero-order valence-corrected chi connectivity index (χ0v) is 46.2. The highest BCUT2D eigenvalue weighted by atomic mass is 32.2. The molecule has 2 saturated heterocycles. The van der Waals surface area contributed by atoms with Gasteiger partial charge in [-0.3, -0.25) is 48.3 Å². The number of carbonyl (C=O) groups excluding carboxylic acids is 10. The number of benzene rings is 2. The van der Waals surface area contributed by atoms with Gasteiger partial charge in [-0.1, -0.05) is 52.0 Å². The molecule has 2 aromatic carbocycles. The highest BCUT2D eigenvalue weighted by Crippen LogP contribution is 2.32. The van der Waals surface area contributed by atoms with E-state index in [2.05, 4.69) is 41.2 Å². The summed E-state index contributed by atoms with van der Waals surface area (Å²) in [6, 6.07) is 1.79. The predicted molar refractivity (Wildman–Crippen MR) is 284 cm³/mol. The SMILES string of the molecule is CS[C@@H]1SC[C@H]2C(=O)N(C)[C@@H](C(C)C)C(=O)OC[C@@H](NC(=O)c3cnc4ccccc4n3)C(=O)N[C@@H](C)C(=O)N(C)[C@@H]1C(=O)N(C)[C@@H](C(C)C)C(=O)OC[C@@H](NC(=O)c1cnc3ccccc3n1)C(=O)N[C@@H](C)C(=O)N2C. The first-order valence-electron chi connectivity index (χ1n) is 24.7. The summed E-state index contributed by atoms with van der Waals surface area (Å²) in [5, 5.41) is 10.2. The fraction of sp³-hybridized carbons (Fsp3) is 0.490. The number of aromatic nitrogens is 4. The van der Waals surface area contributed by atoms with E-state index in [1.807, 2.05) is 0 Å². The van der Waals surface area contributed by atoms with Crippen LogP contribution in [0.25, 0.3) is 22.1 Å². The first kappa shape index (κ1) is 58.8. The number of cyclic esters (lactones) is 2. The molecule has 77 heavy (non-hydrogen) atoms. The van der Waals surface area contributed by atoms with E-state index in [0.717, 1.165) is 43.1 Å². The average Bonchev–Trinajstić information content (AvgIpc) is 3.40. The van der Waals surface area contributed by atoms with E-state index < -0.39 is 137 Å². The summed E-state index contributed by atoms with van der Waals surface area (Å²) >= 11 is 2.16. The molecular weight excluding hydrogens is 1040 g/mol. The number of amides is 8.